The lowest BCUT2D eigenvalue weighted by Gasteiger charge is -2.35. The lowest BCUT2D eigenvalue weighted by atomic mass is 9.80. The first-order valence-corrected chi connectivity index (χ1v) is 15.1. The summed E-state index contributed by atoms with van der Waals surface area (Å²) < 4.78 is 19.1. The molecule has 2 aromatic rings. The Balaban J connectivity index is 0.000000671. The van der Waals surface area contributed by atoms with E-state index in [0.29, 0.717) is 12.8 Å². The van der Waals surface area contributed by atoms with Gasteiger partial charge in [-0.3, -0.25) is 0 Å². The molecule has 10 nitrogen and oxygen atoms in total. The lowest BCUT2D eigenvalue weighted by Crippen LogP contribution is -2.38. The van der Waals surface area contributed by atoms with Crippen LogP contribution in [0.1, 0.15) is 51.7 Å². The third-order valence-corrected chi connectivity index (χ3v) is 7.13. The molecular weight excluding hydrogens is 547 g/mol. The second kappa shape index (κ2) is 17.8. The van der Waals surface area contributed by atoms with Crippen LogP contribution in [0.4, 0.5) is 0 Å². The standard InChI is InChI=1S/2C15H25NO2.H3O4P/c2*1-6-15(17,12(2)11-16(3)4)13-8-7-9-14(10-13)18-5;1-5(2,3)4/h2*7-10,12,17H,6,11H2,1-5H3;(H3,1,2,3,4)/p-2/t2*12-,15-;/m00./s1. The zero-order chi connectivity index (χ0) is 32.0. The van der Waals surface area contributed by atoms with Crippen LogP contribution in [-0.2, 0) is 15.8 Å². The van der Waals surface area contributed by atoms with Gasteiger partial charge in [0.05, 0.1) is 33.2 Å². The summed E-state index contributed by atoms with van der Waals surface area (Å²) in [5.41, 5.74) is 0.245. The summed E-state index contributed by atoms with van der Waals surface area (Å²) in [5, 5.41) is 21.9. The van der Waals surface area contributed by atoms with Crippen LogP contribution >= 0.6 is 7.82 Å². The van der Waals surface area contributed by atoms with Crippen molar-refractivity contribution in [1.82, 2.24) is 9.80 Å². The van der Waals surface area contributed by atoms with E-state index in [0.717, 1.165) is 35.7 Å². The van der Waals surface area contributed by atoms with Crippen molar-refractivity contribution in [2.45, 2.75) is 51.7 Å². The van der Waals surface area contributed by atoms with E-state index in [1.165, 1.54) is 0 Å². The van der Waals surface area contributed by atoms with Gasteiger partial charge in [0, 0.05) is 24.9 Å². The molecule has 0 saturated carbocycles. The number of methoxy groups -OCH3 is 2. The first-order valence-electron chi connectivity index (χ1n) is 13.7. The Morgan fingerprint density at radius 3 is 1.29 bits per heavy atom. The molecule has 0 heterocycles. The Kier molecular flexibility index (Phi) is 17.0. The molecule has 0 fully saturated rings. The molecule has 2 aromatic carbocycles. The van der Waals surface area contributed by atoms with E-state index < -0.39 is 19.0 Å². The van der Waals surface area contributed by atoms with Crippen molar-refractivity contribution in [2.75, 3.05) is 55.5 Å². The van der Waals surface area contributed by atoms with Gasteiger partial charge in [0.25, 0.3) is 0 Å². The molecule has 0 bridgehead atoms. The maximum atomic E-state index is 10.9. The predicted octanol–water partition coefficient (Wildman–Crippen LogP) is 2.79. The molecular formula is C30H51N2O8P-2. The molecule has 41 heavy (non-hydrogen) atoms. The van der Waals surface area contributed by atoms with Gasteiger partial charge in [-0.1, -0.05) is 52.0 Å². The van der Waals surface area contributed by atoms with Crippen molar-refractivity contribution in [3.63, 3.8) is 0 Å². The first-order chi connectivity index (χ1) is 18.9. The Labute approximate surface area is 246 Å². The average Bonchev–Trinajstić information content (AvgIpc) is 2.90. The normalized spacial score (nSPS) is 15.8. The molecule has 11 heteroatoms. The van der Waals surface area contributed by atoms with Crippen molar-refractivity contribution >= 4 is 7.82 Å². The molecule has 0 spiro atoms. The molecule has 0 aliphatic rings. The highest BCUT2D eigenvalue weighted by Gasteiger charge is 2.35. The Morgan fingerprint density at radius 2 is 1.07 bits per heavy atom. The number of ether oxygens (including phenoxy) is 2. The maximum absolute atomic E-state index is 10.9. The van der Waals surface area contributed by atoms with Crippen molar-refractivity contribution in [1.29, 1.82) is 0 Å². The van der Waals surface area contributed by atoms with E-state index in [-0.39, 0.29) is 11.8 Å². The molecule has 0 aromatic heterocycles. The molecule has 0 radical (unpaired) electrons. The van der Waals surface area contributed by atoms with Gasteiger partial charge in [-0.15, -0.1) is 0 Å². The number of nitrogens with zero attached hydrogens (tertiary/aromatic N) is 2. The highest BCUT2D eigenvalue weighted by atomic mass is 31.2. The SMILES string of the molecule is CC[C@@](O)(c1cccc(OC)c1)[C@@H](C)CN(C)C.CC[C@@](O)(c1cccc(OC)c1)[C@@H](C)CN(C)C.O=P([O-])([O-])O. The van der Waals surface area contributed by atoms with Gasteiger partial charge in [-0.2, -0.15) is 0 Å². The van der Waals surface area contributed by atoms with Crippen LogP contribution < -0.4 is 19.3 Å². The number of aliphatic hydroxyl groups is 2. The van der Waals surface area contributed by atoms with Gasteiger partial charge >= 0.3 is 0 Å². The molecule has 0 aliphatic carbocycles. The molecule has 2 rings (SSSR count). The van der Waals surface area contributed by atoms with Crippen molar-refractivity contribution < 1.29 is 38.9 Å². The fourth-order valence-corrected chi connectivity index (χ4v) is 4.86. The van der Waals surface area contributed by atoms with E-state index in [1.807, 2.05) is 90.6 Å². The number of phosphoric acid groups is 1. The van der Waals surface area contributed by atoms with Gasteiger partial charge in [0.15, 0.2) is 0 Å². The van der Waals surface area contributed by atoms with Crippen LogP contribution in [0.25, 0.3) is 0 Å². The van der Waals surface area contributed by atoms with Crippen molar-refractivity contribution in [2.24, 2.45) is 11.8 Å². The molecule has 236 valence electrons. The molecule has 0 saturated heterocycles. The summed E-state index contributed by atoms with van der Waals surface area (Å²) in [5.74, 6) is 1.89. The van der Waals surface area contributed by atoms with E-state index in [1.54, 1.807) is 14.2 Å². The fraction of sp³-hybridized carbons (Fsp3) is 0.600. The monoisotopic (exact) mass is 598 g/mol. The Bertz CT molecular complexity index is 983. The lowest BCUT2D eigenvalue weighted by molar-refractivity contribution is -0.337. The van der Waals surface area contributed by atoms with Gasteiger partial charge in [-0.25, -0.2) is 0 Å². The predicted molar refractivity (Wildman–Crippen MR) is 160 cm³/mol. The molecule has 0 unspecified atom stereocenters. The van der Waals surface area contributed by atoms with E-state index in [2.05, 4.69) is 23.6 Å². The highest BCUT2D eigenvalue weighted by molar-refractivity contribution is 7.42. The molecule has 0 amide bonds. The Hall–Kier alpha value is -2.01. The van der Waals surface area contributed by atoms with Gasteiger partial charge in [-0.05, 0) is 76.4 Å². The van der Waals surface area contributed by atoms with Crippen molar-refractivity contribution in [3.8, 4) is 11.5 Å². The highest BCUT2D eigenvalue weighted by Crippen LogP contribution is 2.36. The summed E-state index contributed by atoms with van der Waals surface area (Å²) in [6.45, 7) is 9.91. The van der Waals surface area contributed by atoms with Gasteiger partial charge in [0.1, 0.15) is 11.5 Å². The van der Waals surface area contributed by atoms with Gasteiger partial charge in [0.2, 0.25) is 0 Å². The third kappa shape index (κ3) is 13.7. The number of benzene rings is 2. The first kappa shape index (κ1) is 39.0. The van der Waals surface area contributed by atoms with E-state index in [9.17, 15) is 10.2 Å². The van der Waals surface area contributed by atoms with Crippen LogP contribution in [0.2, 0.25) is 0 Å². The summed E-state index contributed by atoms with van der Waals surface area (Å²) in [7, 11) is 6.26. The minimum absolute atomic E-state index is 0.157. The average molecular weight is 599 g/mol. The van der Waals surface area contributed by atoms with Crippen LogP contribution in [0, 0.1) is 11.8 Å². The van der Waals surface area contributed by atoms with E-state index in [4.69, 9.17) is 28.7 Å². The van der Waals surface area contributed by atoms with Crippen LogP contribution in [0.5, 0.6) is 11.5 Å². The van der Waals surface area contributed by atoms with Crippen LogP contribution in [0.15, 0.2) is 48.5 Å². The maximum Gasteiger partial charge on any atom is 0.119 e. The van der Waals surface area contributed by atoms with Crippen LogP contribution in [-0.4, -0.2) is 80.4 Å². The summed E-state index contributed by atoms with van der Waals surface area (Å²) in [6.07, 6.45) is 1.38. The zero-order valence-electron chi connectivity index (χ0n) is 26.3. The minimum Gasteiger partial charge on any atom is -0.790 e. The second-order valence-corrected chi connectivity index (χ2v) is 11.8. The summed E-state index contributed by atoms with van der Waals surface area (Å²) in [6, 6.07) is 15.4. The third-order valence-electron chi connectivity index (χ3n) is 7.13. The van der Waals surface area contributed by atoms with E-state index >= 15 is 0 Å². The minimum atomic E-state index is -5.14. The number of rotatable bonds is 12. The zero-order valence-corrected chi connectivity index (χ0v) is 27.2. The smallest absolute Gasteiger partial charge is 0.119 e. The number of hydrogen-bond donors (Lipinski definition) is 3. The van der Waals surface area contributed by atoms with Gasteiger partial charge < -0.3 is 48.7 Å². The fourth-order valence-electron chi connectivity index (χ4n) is 4.86. The second-order valence-electron chi connectivity index (χ2n) is 10.8. The number of hydrogen-bond acceptors (Lipinski definition) is 9. The van der Waals surface area contributed by atoms with Crippen molar-refractivity contribution in [3.05, 3.63) is 59.7 Å². The van der Waals surface area contributed by atoms with Crippen LogP contribution in [0.3, 0.4) is 0 Å². The topological polar surface area (TPSA) is 149 Å². The largest absolute Gasteiger partial charge is 0.790 e. The summed E-state index contributed by atoms with van der Waals surface area (Å²) in [4.78, 5) is 28.5. The quantitative estimate of drug-likeness (QED) is 0.312. The Morgan fingerprint density at radius 1 is 0.780 bits per heavy atom. The molecule has 4 atom stereocenters. The summed E-state index contributed by atoms with van der Waals surface area (Å²) >= 11 is 0. The molecule has 0 aliphatic heterocycles. The molecule has 3 N–H and O–H groups in total.